The first-order valence-corrected chi connectivity index (χ1v) is 7.79. The second kappa shape index (κ2) is 4.99. The largest absolute Gasteiger partial charge is 0.451 e. The summed E-state index contributed by atoms with van der Waals surface area (Å²) in [5.74, 6) is -1.08. The van der Waals surface area contributed by atoms with E-state index in [1.54, 1.807) is 6.92 Å². The van der Waals surface area contributed by atoms with Crippen molar-refractivity contribution < 1.29 is 21.6 Å². The zero-order valence-electron chi connectivity index (χ0n) is 11.1. The zero-order chi connectivity index (χ0) is 15.1. The Hall–Kier alpha value is -1.16. The lowest BCUT2D eigenvalue weighted by molar-refractivity contribution is -0.147. The van der Waals surface area contributed by atoms with E-state index in [1.807, 2.05) is 0 Å². The smallest absolute Gasteiger partial charge is 0.305 e. The summed E-state index contributed by atoms with van der Waals surface area (Å²) in [4.78, 5) is 0. The number of fused-ring (bicyclic) bond motifs is 1. The summed E-state index contributed by atoms with van der Waals surface area (Å²) in [5, 5.41) is 6.66. The minimum Gasteiger partial charge on any atom is -0.305 e. The number of hydrogen-bond donors (Lipinski definition) is 0. The second-order valence-corrected chi connectivity index (χ2v) is 6.67. The monoisotopic (exact) mass is 312 g/mol. The Labute approximate surface area is 114 Å². The molecule has 114 valence electrons. The predicted octanol–water partition coefficient (Wildman–Crippen LogP) is 1.41. The highest BCUT2D eigenvalue weighted by Crippen LogP contribution is 2.33. The normalized spacial score (nSPS) is 20.9. The molecule has 10 heteroatoms. The lowest BCUT2D eigenvalue weighted by atomic mass is 10.2. The van der Waals surface area contributed by atoms with Gasteiger partial charge in [-0.15, -0.1) is 10.2 Å². The molecular weight excluding hydrogens is 297 g/mol. The van der Waals surface area contributed by atoms with Crippen LogP contribution in [-0.4, -0.2) is 39.8 Å². The molecule has 0 bridgehead atoms. The van der Waals surface area contributed by atoms with Crippen LogP contribution in [-0.2, 0) is 22.7 Å². The molecule has 1 aliphatic rings. The third-order valence-corrected chi connectivity index (χ3v) is 5.34. The standard InChI is InChI=1S/C10H15F3N4O2S/c1-3-6-20(18,19)17-5-4-16-8(7(17)2)14-15-9(16)10(11,12)13/h7H,3-6H2,1-2H3. The van der Waals surface area contributed by atoms with Crippen molar-refractivity contribution in [2.24, 2.45) is 0 Å². The van der Waals surface area contributed by atoms with Gasteiger partial charge in [0.2, 0.25) is 15.8 Å². The van der Waals surface area contributed by atoms with Crippen LogP contribution in [0.5, 0.6) is 0 Å². The van der Waals surface area contributed by atoms with Gasteiger partial charge in [0.1, 0.15) is 0 Å². The highest BCUT2D eigenvalue weighted by atomic mass is 32.2. The van der Waals surface area contributed by atoms with Crippen LogP contribution in [0.15, 0.2) is 0 Å². The lowest BCUT2D eigenvalue weighted by Crippen LogP contribution is -2.42. The Bertz CT molecular complexity index is 596. The second-order valence-electron chi connectivity index (χ2n) is 4.63. The van der Waals surface area contributed by atoms with E-state index in [2.05, 4.69) is 10.2 Å². The Morgan fingerprint density at radius 3 is 2.50 bits per heavy atom. The summed E-state index contributed by atoms with van der Waals surface area (Å²) in [6, 6.07) is -0.746. The third-order valence-electron chi connectivity index (χ3n) is 3.20. The molecule has 1 aliphatic heterocycles. The van der Waals surface area contributed by atoms with Gasteiger partial charge in [-0.1, -0.05) is 6.92 Å². The summed E-state index contributed by atoms with van der Waals surface area (Å²) >= 11 is 0. The number of hydrogen-bond acceptors (Lipinski definition) is 4. The minimum absolute atomic E-state index is 0.00236. The molecule has 0 aliphatic carbocycles. The number of rotatable bonds is 3. The maximum atomic E-state index is 12.7. The number of nitrogens with zero attached hydrogens (tertiary/aromatic N) is 4. The maximum absolute atomic E-state index is 12.7. The summed E-state index contributed by atoms with van der Waals surface area (Å²) in [6.45, 7) is 3.16. The molecule has 0 saturated carbocycles. The average Bonchev–Trinajstić information content (AvgIpc) is 2.73. The van der Waals surface area contributed by atoms with Crippen LogP contribution < -0.4 is 0 Å². The van der Waals surface area contributed by atoms with Crippen LogP contribution in [0, 0.1) is 0 Å². The SMILES string of the molecule is CCCS(=O)(=O)N1CCn2c(nnc2C(F)(F)F)C1C. The summed E-state index contributed by atoms with van der Waals surface area (Å²) in [5.41, 5.74) is 0. The average molecular weight is 312 g/mol. The minimum atomic E-state index is -4.59. The zero-order valence-corrected chi connectivity index (χ0v) is 11.9. The number of aromatic nitrogens is 3. The molecule has 1 atom stereocenters. The first-order valence-electron chi connectivity index (χ1n) is 6.18. The van der Waals surface area contributed by atoms with E-state index >= 15 is 0 Å². The fraction of sp³-hybridized carbons (Fsp3) is 0.800. The van der Waals surface area contributed by atoms with Crippen LogP contribution in [0.4, 0.5) is 13.2 Å². The molecule has 1 aromatic rings. The van der Waals surface area contributed by atoms with Crippen molar-refractivity contribution in [2.45, 2.75) is 39.0 Å². The first kappa shape index (κ1) is 15.2. The molecule has 2 rings (SSSR count). The molecule has 0 radical (unpaired) electrons. The highest BCUT2D eigenvalue weighted by molar-refractivity contribution is 7.89. The Morgan fingerprint density at radius 1 is 1.30 bits per heavy atom. The van der Waals surface area contributed by atoms with E-state index in [1.165, 1.54) is 11.2 Å². The van der Waals surface area contributed by atoms with Crippen molar-refractivity contribution in [3.8, 4) is 0 Å². The van der Waals surface area contributed by atoms with E-state index in [-0.39, 0.29) is 24.7 Å². The third kappa shape index (κ3) is 2.53. The van der Waals surface area contributed by atoms with Gasteiger partial charge in [-0.25, -0.2) is 8.42 Å². The van der Waals surface area contributed by atoms with Gasteiger partial charge in [-0.2, -0.15) is 17.5 Å². The molecule has 0 fully saturated rings. The van der Waals surface area contributed by atoms with Gasteiger partial charge < -0.3 is 4.57 Å². The molecule has 6 nitrogen and oxygen atoms in total. The molecule has 0 aromatic carbocycles. The topological polar surface area (TPSA) is 68.1 Å². The van der Waals surface area contributed by atoms with Crippen molar-refractivity contribution >= 4 is 10.0 Å². The lowest BCUT2D eigenvalue weighted by Gasteiger charge is -2.32. The van der Waals surface area contributed by atoms with E-state index in [9.17, 15) is 21.6 Å². The van der Waals surface area contributed by atoms with Gasteiger partial charge in [-0.3, -0.25) is 0 Å². The van der Waals surface area contributed by atoms with E-state index in [0.717, 1.165) is 4.57 Å². The highest BCUT2D eigenvalue weighted by Gasteiger charge is 2.42. The summed E-state index contributed by atoms with van der Waals surface area (Å²) in [6.07, 6.45) is -4.14. The van der Waals surface area contributed by atoms with Gasteiger partial charge >= 0.3 is 6.18 Å². The molecule has 0 amide bonds. The van der Waals surface area contributed by atoms with Crippen molar-refractivity contribution in [1.82, 2.24) is 19.1 Å². The summed E-state index contributed by atoms with van der Waals surface area (Å²) < 4.78 is 64.5. The number of halogens is 3. The van der Waals surface area contributed by atoms with Gasteiger partial charge in [-0.05, 0) is 13.3 Å². The van der Waals surface area contributed by atoms with Gasteiger partial charge in [0.25, 0.3) is 0 Å². The molecule has 0 saturated heterocycles. The van der Waals surface area contributed by atoms with E-state index < -0.39 is 28.1 Å². The molecule has 20 heavy (non-hydrogen) atoms. The molecular formula is C10H15F3N4O2S. The fourth-order valence-corrected chi connectivity index (χ4v) is 4.02. The maximum Gasteiger partial charge on any atom is 0.451 e. The predicted molar refractivity (Wildman–Crippen MR) is 64.2 cm³/mol. The van der Waals surface area contributed by atoms with Crippen LogP contribution in [0.2, 0.25) is 0 Å². The van der Waals surface area contributed by atoms with Crippen LogP contribution in [0.1, 0.15) is 38.0 Å². The van der Waals surface area contributed by atoms with Gasteiger partial charge in [0.05, 0.1) is 11.8 Å². The van der Waals surface area contributed by atoms with Gasteiger partial charge in [0, 0.05) is 13.1 Å². The molecule has 1 unspecified atom stereocenters. The molecule has 0 N–H and O–H groups in total. The number of alkyl halides is 3. The number of sulfonamides is 1. The summed E-state index contributed by atoms with van der Waals surface area (Å²) in [7, 11) is -3.48. The molecule has 1 aromatic heterocycles. The van der Waals surface area contributed by atoms with Crippen molar-refractivity contribution in [3.05, 3.63) is 11.6 Å². The van der Waals surface area contributed by atoms with Crippen molar-refractivity contribution in [1.29, 1.82) is 0 Å². The van der Waals surface area contributed by atoms with Crippen molar-refractivity contribution in [3.63, 3.8) is 0 Å². The molecule has 0 spiro atoms. The van der Waals surface area contributed by atoms with Gasteiger partial charge in [0.15, 0.2) is 5.82 Å². The Morgan fingerprint density at radius 2 is 1.95 bits per heavy atom. The quantitative estimate of drug-likeness (QED) is 0.846. The van der Waals surface area contributed by atoms with E-state index in [4.69, 9.17) is 0 Å². The molecule has 2 heterocycles. The van der Waals surface area contributed by atoms with Crippen molar-refractivity contribution in [2.75, 3.05) is 12.3 Å². The van der Waals surface area contributed by atoms with Crippen LogP contribution in [0.3, 0.4) is 0 Å². The van der Waals surface area contributed by atoms with Crippen LogP contribution in [0.25, 0.3) is 0 Å². The van der Waals surface area contributed by atoms with Crippen LogP contribution >= 0.6 is 0 Å². The Balaban J connectivity index is 2.37. The first-order chi connectivity index (χ1) is 9.18. The van der Waals surface area contributed by atoms with E-state index in [0.29, 0.717) is 6.42 Å². The fourth-order valence-electron chi connectivity index (χ4n) is 2.33. The Kier molecular flexibility index (Phi) is 3.80.